The molecule has 1 aromatic heterocycles. The third-order valence-corrected chi connectivity index (χ3v) is 5.87. The van der Waals surface area contributed by atoms with E-state index in [0.29, 0.717) is 12.3 Å². The molecule has 0 bridgehead atoms. The van der Waals surface area contributed by atoms with Crippen molar-refractivity contribution in [2.45, 2.75) is 49.1 Å². The molecule has 1 aliphatic rings. The summed E-state index contributed by atoms with van der Waals surface area (Å²) in [5, 5.41) is 19.3. The number of aryl methyl sites for hydroxylation is 1. The molecule has 2 aromatic carbocycles. The van der Waals surface area contributed by atoms with E-state index in [1.165, 1.54) is 41.3 Å². The number of nitriles is 1. The van der Waals surface area contributed by atoms with Gasteiger partial charge in [-0.3, -0.25) is 0 Å². The van der Waals surface area contributed by atoms with Gasteiger partial charge in [0.15, 0.2) is 5.16 Å². The zero-order valence-corrected chi connectivity index (χ0v) is 16.2. The van der Waals surface area contributed by atoms with Crippen molar-refractivity contribution in [2.24, 2.45) is 0 Å². The molecule has 1 fully saturated rings. The average molecular weight is 375 g/mol. The fraction of sp³-hybridized carbons (Fsp3) is 0.318. The molecule has 0 saturated heterocycles. The first-order valence-electron chi connectivity index (χ1n) is 9.32. The number of rotatable bonds is 7. The van der Waals surface area contributed by atoms with Crippen LogP contribution in [-0.4, -0.2) is 20.0 Å². The predicted molar refractivity (Wildman–Crippen MR) is 108 cm³/mol. The summed E-state index contributed by atoms with van der Waals surface area (Å²) in [5.41, 5.74) is 3.64. The SMILES string of the molecule is Cc1ccc(CC(C#N)Sc2nnc(C3CC3)n2Cc2ccccc2)cc1. The fourth-order valence-corrected chi connectivity index (χ4v) is 4.08. The van der Waals surface area contributed by atoms with Crippen molar-refractivity contribution in [1.82, 2.24) is 14.8 Å². The second kappa shape index (κ2) is 7.98. The minimum atomic E-state index is -0.182. The first kappa shape index (κ1) is 17.8. The third-order valence-electron chi connectivity index (χ3n) is 4.80. The molecule has 0 aliphatic heterocycles. The Morgan fingerprint density at radius 3 is 2.48 bits per heavy atom. The van der Waals surface area contributed by atoms with Crippen LogP contribution in [0.4, 0.5) is 0 Å². The Balaban J connectivity index is 1.55. The smallest absolute Gasteiger partial charge is 0.192 e. The van der Waals surface area contributed by atoms with Crippen molar-refractivity contribution in [2.75, 3.05) is 0 Å². The summed E-state index contributed by atoms with van der Waals surface area (Å²) in [4.78, 5) is 0. The highest BCUT2D eigenvalue weighted by Gasteiger charge is 2.31. The van der Waals surface area contributed by atoms with Gasteiger partial charge in [0.2, 0.25) is 0 Å². The lowest BCUT2D eigenvalue weighted by Gasteiger charge is -2.12. The monoisotopic (exact) mass is 374 g/mol. The molecule has 136 valence electrons. The molecule has 0 N–H and O–H groups in total. The van der Waals surface area contributed by atoms with E-state index < -0.39 is 0 Å². The summed E-state index contributed by atoms with van der Waals surface area (Å²) >= 11 is 1.53. The summed E-state index contributed by atoms with van der Waals surface area (Å²) in [6.07, 6.45) is 3.07. The minimum absolute atomic E-state index is 0.182. The highest BCUT2D eigenvalue weighted by Crippen LogP contribution is 2.40. The molecule has 1 saturated carbocycles. The molecule has 0 spiro atoms. The first-order chi connectivity index (χ1) is 13.2. The molecule has 5 heteroatoms. The van der Waals surface area contributed by atoms with Crippen molar-refractivity contribution >= 4 is 11.8 Å². The molecule has 27 heavy (non-hydrogen) atoms. The number of hydrogen-bond donors (Lipinski definition) is 0. The minimum Gasteiger partial charge on any atom is -0.301 e. The number of thioether (sulfide) groups is 1. The van der Waals surface area contributed by atoms with Crippen LogP contribution in [0.3, 0.4) is 0 Å². The van der Waals surface area contributed by atoms with Gasteiger partial charge >= 0.3 is 0 Å². The van der Waals surface area contributed by atoms with Crippen LogP contribution < -0.4 is 0 Å². The van der Waals surface area contributed by atoms with E-state index in [1.807, 2.05) is 6.07 Å². The summed E-state index contributed by atoms with van der Waals surface area (Å²) < 4.78 is 2.21. The highest BCUT2D eigenvalue weighted by atomic mass is 32.2. The molecular formula is C22H22N4S. The summed E-state index contributed by atoms with van der Waals surface area (Å²) in [7, 11) is 0. The fourth-order valence-electron chi connectivity index (χ4n) is 3.12. The van der Waals surface area contributed by atoms with E-state index in [0.717, 1.165) is 17.5 Å². The van der Waals surface area contributed by atoms with Gasteiger partial charge in [-0.1, -0.05) is 71.9 Å². The Morgan fingerprint density at radius 2 is 1.81 bits per heavy atom. The van der Waals surface area contributed by atoms with Gasteiger partial charge in [-0.25, -0.2) is 0 Å². The molecule has 1 heterocycles. The van der Waals surface area contributed by atoms with Gasteiger partial charge in [-0.05, 0) is 37.3 Å². The van der Waals surface area contributed by atoms with Crippen molar-refractivity contribution < 1.29 is 0 Å². The quantitative estimate of drug-likeness (QED) is 0.561. The summed E-state index contributed by atoms with van der Waals surface area (Å²) in [6.45, 7) is 2.83. The largest absolute Gasteiger partial charge is 0.301 e. The van der Waals surface area contributed by atoms with Gasteiger partial charge in [-0.2, -0.15) is 5.26 Å². The van der Waals surface area contributed by atoms with E-state index in [-0.39, 0.29) is 5.25 Å². The molecular weight excluding hydrogens is 352 g/mol. The van der Waals surface area contributed by atoms with Crippen molar-refractivity contribution in [1.29, 1.82) is 5.26 Å². The highest BCUT2D eigenvalue weighted by molar-refractivity contribution is 8.00. The Kier molecular flexibility index (Phi) is 5.26. The first-order valence-corrected chi connectivity index (χ1v) is 10.2. The molecule has 0 amide bonds. The van der Waals surface area contributed by atoms with Crippen LogP contribution in [0.5, 0.6) is 0 Å². The standard InChI is InChI=1S/C22H22N4S/c1-16-7-9-17(10-8-16)13-20(14-23)27-22-25-24-21(19-11-12-19)26(22)15-18-5-3-2-4-6-18/h2-10,19-20H,11-13,15H2,1H3. The van der Waals surface area contributed by atoms with E-state index >= 15 is 0 Å². The zero-order chi connectivity index (χ0) is 18.6. The Morgan fingerprint density at radius 1 is 1.07 bits per heavy atom. The van der Waals surface area contributed by atoms with E-state index in [2.05, 4.69) is 76.3 Å². The average Bonchev–Trinajstić information content (AvgIpc) is 3.47. The molecule has 1 atom stereocenters. The molecule has 0 radical (unpaired) electrons. The molecule has 1 unspecified atom stereocenters. The van der Waals surface area contributed by atoms with E-state index in [1.54, 1.807) is 0 Å². The molecule has 1 aliphatic carbocycles. The second-order valence-electron chi connectivity index (χ2n) is 7.11. The van der Waals surface area contributed by atoms with Crippen molar-refractivity contribution in [3.8, 4) is 6.07 Å². The summed E-state index contributed by atoms with van der Waals surface area (Å²) in [5.74, 6) is 1.58. The molecule has 3 aromatic rings. The zero-order valence-electron chi connectivity index (χ0n) is 15.4. The normalized spacial score (nSPS) is 14.7. The van der Waals surface area contributed by atoms with E-state index in [9.17, 15) is 5.26 Å². The second-order valence-corrected chi connectivity index (χ2v) is 8.28. The Bertz CT molecular complexity index is 937. The van der Waals surface area contributed by atoms with Crippen LogP contribution in [-0.2, 0) is 13.0 Å². The van der Waals surface area contributed by atoms with E-state index in [4.69, 9.17) is 0 Å². The number of nitrogens with zero attached hydrogens (tertiary/aromatic N) is 4. The molecule has 4 rings (SSSR count). The Labute approximate surface area is 164 Å². The van der Waals surface area contributed by atoms with Crippen molar-refractivity contribution in [3.63, 3.8) is 0 Å². The van der Waals surface area contributed by atoms with Crippen LogP contribution in [0.1, 0.15) is 41.3 Å². The lowest BCUT2D eigenvalue weighted by molar-refractivity contribution is 0.666. The molecule has 4 nitrogen and oxygen atoms in total. The predicted octanol–water partition coefficient (Wildman–Crippen LogP) is 4.74. The lowest BCUT2D eigenvalue weighted by atomic mass is 10.1. The topological polar surface area (TPSA) is 54.5 Å². The lowest BCUT2D eigenvalue weighted by Crippen LogP contribution is -2.10. The summed E-state index contributed by atoms with van der Waals surface area (Å²) in [6, 6.07) is 21.2. The van der Waals surface area contributed by atoms with Gasteiger partial charge in [-0.15, -0.1) is 10.2 Å². The maximum absolute atomic E-state index is 9.68. The maximum Gasteiger partial charge on any atom is 0.192 e. The maximum atomic E-state index is 9.68. The van der Waals surface area contributed by atoms with Gasteiger partial charge in [0.25, 0.3) is 0 Å². The van der Waals surface area contributed by atoms with Gasteiger partial charge in [0.1, 0.15) is 11.1 Å². The number of aromatic nitrogens is 3. The van der Waals surface area contributed by atoms with Gasteiger partial charge in [0, 0.05) is 5.92 Å². The Hall–Kier alpha value is -2.58. The van der Waals surface area contributed by atoms with Crippen molar-refractivity contribution in [3.05, 3.63) is 77.1 Å². The van der Waals surface area contributed by atoms with Crippen LogP contribution in [0, 0.1) is 18.3 Å². The van der Waals surface area contributed by atoms with Gasteiger partial charge in [0.05, 0.1) is 12.6 Å². The van der Waals surface area contributed by atoms with Crippen LogP contribution in [0.15, 0.2) is 59.8 Å². The third kappa shape index (κ3) is 4.40. The van der Waals surface area contributed by atoms with Crippen LogP contribution in [0.25, 0.3) is 0 Å². The van der Waals surface area contributed by atoms with Gasteiger partial charge < -0.3 is 4.57 Å². The number of benzene rings is 2. The van der Waals surface area contributed by atoms with Crippen LogP contribution in [0.2, 0.25) is 0 Å². The number of hydrogen-bond acceptors (Lipinski definition) is 4. The van der Waals surface area contributed by atoms with Crippen LogP contribution >= 0.6 is 11.8 Å².